The zero-order valence-electron chi connectivity index (χ0n) is 26.2. The number of ether oxygens (including phenoxy) is 1. The number of hydrogen-bond acceptors (Lipinski definition) is 8. The van der Waals surface area contributed by atoms with E-state index in [1.54, 1.807) is 43.6 Å². The Kier molecular flexibility index (Phi) is 7.20. The molecule has 0 fully saturated rings. The minimum Gasteiger partial charge on any atom is -0.383 e. The number of carbonyl (C=O) groups is 2. The van der Waals surface area contributed by atoms with Crippen molar-refractivity contribution in [3.05, 3.63) is 75.2 Å². The number of rotatable bonds is 8. The van der Waals surface area contributed by atoms with Crippen LogP contribution in [0.4, 0.5) is 17.3 Å². The Labute approximate surface area is 261 Å². The number of carbonyl (C=O) groups excluding carboxylic acids is 2. The fourth-order valence-electron chi connectivity index (χ4n) is 7.04. The predicted molar refractivity (Wildman–Crippen MR) is 170 cm³/mol. The van der Waals surface area contributed by atoms with E-state index in [9.17, 15) is 14.4 Å². The third-order valence-corrected chi connectivity index (χ3v) is 9.21. The summed E-state index contributed by atoms with van der Waals surface area (Å²) in [5.74, 6) is 0.744. The number of nitrogens with zero attached hydrogens (tertiary/aromatic N) is 7. The highest BCUT2D eigenvalue weighted by Crippen LogP contribution is 2.40. The van der Waals surface area contributed by atoms with E-state index in [1.807, 2.05) is 16.8 Å². The number of pyridine rings is 2. The van der Waals surface area contributed by atoms with Crippen molar-refractivity contribution in [3.8, 4) is 11.1 Å². The van der Waals surface area contributed by atoms with Gasteiger partial charge in [0.05, 0.1) is 24.4 Å². The number of nitrogens with one attached hydrogen (secondary N) is 1. The molecule has 0 radical (unpaired) electrons. The van der Waals surface area contributed by atoms with Gasteiger partial charge in [0.1, 0.15) is 17.2 Å². The van der Waals surface area contributed by atoms with Crippen LogP contribution < -0.4 is 15.8 Å². The molecule has 3 aliphatic rings. The Bertz CT molecular complexity index is 1880. The number of fused-ring (bicyclic) bond motifs is 4. The Morgan fingerprint density at radius 2 is 1.93 bits per heavy atom. The molecule has 0 saturated carbocycles. The molecule has 7 rings (SSSR count). The van der Waals surface area contributed by atoms with E-state index < -0.39 is 0 Å². The van der Waals surface area contributed by atoms with Crippen molar-refractivity contribution >= 4 is 29.5 Å². The number of aldehydes is 1. The van der Waals surface area contributed by atoms with Gasteiger partial charge in [-0.05, 0) is 47.6 Å². The summed E-state index contributed by atoms with van der Waals surface area (Å²) in [6.45, 7) is 9.45. The average Bonchev–Trinajstić information content (AvgIpc) is 3.67. The smallest absolute Gasteiger partial charge is 0.276 e. The second-order valence-electron chi connectivity index (χ2n) is 13.0. The van der Waals surface area contributed by atoms with Gasteiger partial charge >= 0.3 is 0 Å². The zero-order chi connectivity index (χ0) is 31.5. The molecule has 12 nitrogen and oxygen atoms in total. The Hall–Kier alpha value is -4.55. The molecular weight excluding hydrogens is 572 g/mol. The highest BCUT2D eigenvalue weighted by molar-refractivity contribution is 6.08. The normalized spacial score (nSPS) is 17.2. The van der Waals surface area contributed by atoms with Crippen LogP contribution in [0.15, 0.2) is 41.5 Å². The topological polar surface area (TPSA) is 120 Å². The molecular formula is C33H38N8O4. The Balaban J connectivity index is 1.18. The highest BCUT2D eigenvalue weighted by Gasteiger charge is 2.37. The van der Waals surface area contributed by atoms with Gasteiger partial charge in [-0.25, -0.2) is 4.98 Å². The highest BCUT2D eigenvalue weighted by atomic mass is 16.5. The second kappa shape index (κ2) is 11.1. The van der Waals surface area contributed by atoms with Gasteiger partial charge in [-0.2, -0.15) is 5.10 Å². The minimum atomic E-state index is -0.225. The van der Waals surface area contributed by atoms with E-state index in [0.29, 0.717) is 59.4 Å². The molecule has 4 aromatic rings. The molecule has 4 aromatic heterocycles. The molecule has 6 heterocycles. The third-order valence-electron chi connectivity index (χ3n) is 9.21. The Morgan fingerprint density at radius 1 is 1.09 bits per heavy atom. The van der Waals surface area contributed by atoms with Gasteiger partial charge in [0.15, 0.2) is 12.1 Å². The average molecular weight is 611 g/mol. The van der Waals surface area contributed by atoms with Gasteiger partial charge < -0.3 is 19.2 Å². The first-order valence-electron chi connectivity index (χ1n) is 15.4. The predicted octanol–water partition coefficient (Wildman–Crippen LogP) is 3.25. The SMILES string of the molecule is COCCN1CCn2nc(Nc3cc(-c4ccnc(N5CCn6c(cc7c6CC(C)(C)C7)C5=O)c4C=O)cn(C)c3=O)cc2C1. The van der Waals surface area contributed by atoms with Crippen LogP contribution in [0.2, 0.25) is 0 Å². The molecule has 12 heteroatoms. The molecule has 2 aliphatic heterocycles. The molecule has 0 spiro atoms. The van der Waals surface area contributed by atoms with Gasteiger partial charge in [-0.1, -0.05) is 13.8 Å². The molecule has 1 N–H and O–H groups in total. The molecule has 1 aliphatic carbocycles. The quantitative estimate of drug-likeness (QED) is 0.302. The molecule has 0 saturated heterocycles. The number of hydrogen-bond donors (Lipinski definition) is 1. The fraction of sp³-hybridized carbons (Fsp3) is 0.424. The summed E-state index contributed by atoms with van der Waals surface area (Å²) in [6.07, 6.45) is 5.94. The van der Waals surface area contributed by atoms with Crippen LogP contribution in [0.3, 0.4) is 0 Å². The summed E-state index contributed by atoms with van der Waals surface area (Å²) in [6, 6.07) is 7.45. The van der Waals surface area contributed by atoms with Gasteiger partial charge in [-0.15, -0.1) is 0 Å². The van der Waals surface area contributed by atoms with Crippen LogP contribution in [0, 0.1) is 5.41 Å². The monoisotopic (exact) mass is 610 g/mol. The third kappa shape index (κ3) is 5.17. The van der Waals surface area contributed by atoms with Crippen LogP contribution >= 0.6 is 0 Å². The van der Waals surface area contributed by atoms with Crippen molar-refractivity contribution in [2.45, 2.75) is 46.3 Å². The van der Waals surface area contributed by atoms with Crippen molar-refractivity contribution in [2.24, 2.45) is 12.5 Å². The summed E-state index contributed by atoms with van der Waals surface area (Å²) in [7, 11) is 3.38. The fourth-order valence-corrected chi connectivity index (χ4v) is 7.04. The maximum atomic E-state index is 13.8. The summed E-state index contributed by atoms with van der Waals surface area (Å²) in [5, 5.41) is 7.90. The number of aromatic nitrogens is 5. The molecule has 0 unspecified atom stereocenters. The van der Waals surface area contributed by atoms with Crippen molar-refractivity contribution in [1.29, 1.82) is 0 Å². The van der Waals surface area contributed by atoms with Gasteiger partial charge in [0.25, 0.3) is 11.5 Å². The van der Waals surface area contributed by atoms with E-state index in [-0.39, 0.29) is 16.9 Å². The summed E-state index contributed by atoms with van der Waals surface area (Å²) < 4.78 is 10.8. The minimum absolute atomic E-state index is 0.159. The maximum Gasteiger partial charge on any atom is 0.276 e. The van der Waals surface area contributed by atoms with Crippen LogP contribution in [0.5, 0.6) is 0 Å². The molecule has 45 heavy (non-hydrogen) atoms. The van der Waals surface area contributed by atoms with Crippen molar-refractivity contribution in [2.75, 3.05) is 43.6 Å². The first kappa shape index (κ1) is 29.2. The first-order valence-corrected chi connectivity index (χ1v) is 15.4. The number of aryl methyl sites for hydroxylation is 1. The number of amides is 1. The van der Waals surface area contributed by atoms with Crippen LogP contribution in [-0.4, -0.2) is 74.3 Å². The number of methoxy groups -OCH3 is 1. The van der Waals surface area contributed by atoms with Crippen LogP contribution in [0.25, 0.3) is 11.1 Å². The molecule has 1 amide bonds. The lowest BCUT2D eigenvalue weighted by molar-refractivity contribution is 0.0963. The van der Waals surface area contributed by atoms with E-state index in [1.165, 1.54) is 15.8 Å². The summed E-state index contributed by atoms with van der Waals surface area (Å²) >= 11 is 0. The first-order chi connectivity index (χ1) is 21.7. The van der Waals surface area contributed by atoms with Gasteiger partial charge in [-0.3, -0.25) is 28.9 Å². The summed E-state index contributed by atoms with van der Waals surface area (Å²) in [4.78, 5) is 48.1. The molecule has 0 bridgehead atoms. The molecule has 234 valence electrons. The standard InChI is InChI=1S/C33H38N8O4/c1-33(2)16-21-14-27-32(44)40(9-8-39(27)28(21)17-33)30-25(20-42)24(5-6-34-30)22-13-26(31(43)37(3)18-22)35-29-15-23-19-38(11-12-45-4)7-10-41(23)36-29/h5-6,13-15,18,20H,7-12,16-17,19H2,1-4H3,(H,35,36). The van der Waals surface area contributed by atoms with Crippen molar-refractivity contribution in [3.63, 3.8) is 0 Å². The van der Waals surface area contributed by atoms with Crippen molar-refractivity contribution < 1.29 is 14.3 Å². The summed E-state index contributed by atoms with van der Waals surface area (Å²) in [5.41, 5.74) is 6.01. The lowest BCUT2D eigenvalue weighted by Gasteiger charge is -2.30. The van der Waals surface area contributed by atoms with E-state index >= 15 is 0 Å². The lowest BCUT2D eigenvalue weighted by Crippen LogP contribution is -2.41. The maximum absolute atomic E-state index is 13.8. The van der Waals surface area contributed by atoms with E-state index in [2.05, 4.69) is 38.7 Å². The Morgan fingerprint density at radius 3 is 2.73 bits per heavy atom. The lowest BCUT2D eigenvalue weighted by atomic mass is 9.90. The van der Waals surface area contributed by atoms with E-state index in [0.717, 1.165) is 51.0 Å². The molecule has 0 atom stereocenters. The second-order valence-corrected chi connectivity index (χ2v) is 13.0. The van der Waals surface area contributed by atoms with Crippen molar-refractivity contribution in [1.82, 2.24) is 28.8 Å². The number of anilines is 3. The van der Waals surface area contributed by atoms with Gasteiger partial charge in [0.2, 0.25) is 0 Å². The largest absolute Gasteiger partial charge is 0.383 e. The molecule has 0 aromatic carbocycles. The van der Waals surface area contributed by atoms with E-state index in [4.69, 9.17) is 4.74 Å². The van der Waals surface area contributed by atoms with Crippen LogP contribution in [-0.2, 0) is 44.3 Å². The van der Waals surface area contributed by atoms with Gasteiger partial charge in [0, 0.05) is 76.6 Å². The van der Waals surface area contributed by atoms with Crippen LogP contribution in [0.1, 0.15) is 51.6 Å². The zero-order valence-corrected chi connectivity index (χ0v) is 26.2.